The fourth-order valence-corrected chi connectivity index (χ4v) is 3.70. The zero-order chi connectivity index (χ0) is 20.5. The zero-order valence-corrected chi connectivity index (χ0v) is 16.0. The van der Waals surface area contributed by atoms with Crippen LogP contribution in [0.1, 0.15) is 18.1 Å². The molecule has 2 aromatic carbocycles. The summed E-state index contributed by atoms with van der Waals surface area (Å²) in [6.07, 6.45) is 0. The molecule has 1 heterocycles. The first-order valence-corrected chi connectivity index (χ1v) is 9.78. The molecule has 3 aromatic rings. The molecule has 1 aromatic heterocycles. The van der Waals surface area contributed by atoms with Crippen LogP contribution in [0.2, 0.25) is 0 Å². The van der Waals surface area contributed by atoms with Crippen molar-refractivity contribution in [3.05, 3.63) is 64.0 Å². The molecular formula is C19H18N2O6S. The van der Waals surface area contributed by atoms with Gasteiger partial charge in [-0.05, 0) is 54.4 Å². The fraction of sp³-hybridized carbons (Fsp3) is 0.158. The van der Waals surface area contributed by atoms with E-state index in [0.29, 0.717) is 27.8 Å². The molecule has 0 aliphatic carbocycles. The number of rotatable bonds is 5. The number of sulfonamides is 1. The van der Waals surface area contributed by atoms with Gasteiger partial charge in [0.15, 0.2) is 0 Å². The third-order valence-corrected chi connectivity index (χ3v) is 5.52. The Morgan fingerprint density at radius 2 is 1.82 bits per heavy atom. The molecule has 9 heteroatoms. The lowest BCUT2D eigenvalue weighted by Crippen LogP contribution is -2.28. The number of hydrogen-bond acceptors (Lipinski definition) is 7. The van der Waals surface area contributed by atoms with Crippen LogP contribution in [0.4, 0.5) is 5.69 Å². The number of fused-ring (bicyclic) bond motifs is 1. The summed E-state index contributed by atoms with van der Waals surface area (Å²) in [5.41, 5.74) is 1.69. The van der Waals surface area contributed by atoms with Gasteiger partial charge in [0, 0.05) is 30.6 Å². The summed E-state index contributed by atoms with van der Waals surface area (Å²) < 4.78 is 31.0. The molecule has 0 saturated carbocycles. The number of carbonyl (C=O) groups excluding carboxylic acids is 1. The number of hydrogen-bond donors (Lipinski definition) is 3. The van der Waals surface area contributed by atoms with E-state index in [4.69, 9.17) is 4.42 Å². The quantitative estimate of drug-likeness (QED) is 0.559. The lowest BCUT2D eigenvalue weighted by molar-refractivity contribution is -0.117. The second kappa shape index (κ2) is 7.35. The van der Waals surface area contributed by atoms with E-state index in [2.05, 4.69) is 5.32 Å². The molecule has 0 bridgehead atoms. The Kier molecular flexibility index (Phi) is 5.10. The van der Waals surface area contributed by atoms with Crippen LogP contribution in [-0.4, -0.2) is 19.4 Å². The molecule has 0 radical (unpaired) electrons. The van der Waals surface area contributed by atoms with Gasteiger partial charge in [-0.25, -0.2) is 17.9 Å². The van der Waals surface area contributed by atoms with Gasteiger partial charge in [0.25, 0.3) is 10.0 Å². The van der Waals surface area contributed by atoms with E-state index >= 15 is 0 Å². The van der Waals surface area contributed by atoms with Crippen LogP contribution in [0.25, 0.3) is 11.0 Å². The van der Waals surface area contributed by atoms with Crippen molar-refractivity contribution in [3.63, 3.8) is 0 Å². The topological polar surface area (TPSA) is 126 Å². The zero-order valence-electron chi connectivity index (χ0n) is 15.1. The van der Waals surface area contributed by atoms with Gasteiger partial charge in [-0.1, -0.05) is 0 Å². The summed E-state index contributed by atoms with van der Waals surface area (Å²) >= 11 is 0. The lowest BCUT2D eigenvalue weighted by Gasteiger charge is -2.11. The number of nitrogens with one attached hydrogen (secondary N) is 2. The Bertz CT molecular complexity index is 1210. The lowest BCUT2D eigenvalue weighted by atomic mass is 10.1. The summed E-state index contributed by atoms with van der Waals surface area (Å²) in [6, 6.07) is 10.3. The second-order valence-electron chi connectivity index (χ2n) is 6.27. The molecule has 146 valence electrons. The minimum atomic E-state index is -3.90. The highest BCUT2D eigenvalue weighted by molar-refractivity contribution is 7.90. The maximum Gasteiger partial charge on any atom is 0.336 e. The van der Waals surface area contributed by atoms with Crippen LogP contribution in [0, 0.1) is 6.92 Å². The van der Waals surface area contributed by atoms with E-state index in [-0.39, 0.29) is 17.2 Å². The molecule has 28 heavy (non-hydrogen) atoms. The number of amides is 1. The Morgan fingerprint density at radius 3 is 2.46 bits per heavy atom. The maximum atomic E-state index is 12.0. The smallest absolute Gasteiger partial charge is 0.336 e. The van der Waals surface area contributed by atoms with Crippen LogP contribution >= 0.6 is 0 Å². The third kappa shape index (κ3) is 4.15. The van der Waals surface area contributed by atoms with Crippen molar-refractivity contribution < 1.29 is 22.7 Å². The van der Waals surface area contributed by atoms with E-state index in [9.17, 15) is 23.1 Å². The normalized spacial score (nSPS) is 11.4. The van der Waals surface area contributed by atoms with Gasteiger partial charge < -0.3 is 14.8 Å². The van der Waals surface area contributed by atoms with E-state index in [1.807, 2.05) is 4.72 Å². The number of carbonyl (C=O) groups is 1. The van der Waals surface area contributed by atoms with Crippen molar-refractivity contribution in [2.24, 2.45) is 0 Å². The predicted octanol–water partition coefficient (Wildman–Crippen LogP) is 2.24. The highest BCUT2D eigenvalue weighted by Gasteiger charge is 2.15. The Hall–Kier alpha value is -3.33. The van der Waals surface area contributed by atoms with E-state index in [1.54, 1.807) is 25.1 Å². The van der Waals surface area contributed by atoms with Gasteiger partial charge in [0.1, 0.15) is 11.3 Å². The average Bonchev–Trinajstić information content (AvgIpc) is 2.60. The van der Waals surface area contributed by atoms with Gasteiger partial charge in [-0.15, -0.1) is 0 Å². The number of phenolic OH excluding ortho intramolecular Hbond substituents is 1. The monoisotopic (exact) mass is 402 g/mol. The predicted molar refractivity (Wildman–Crippen MR) is 104 cm³/mol. The molecule has 0 fully saturated rings. The number of phenols is 1. The standard InChI is InChI=1S/C19H18N2O6S/c1-11-7-18-16(9-17(11)23)13(8-19(24)27-18)10-20-14-3-5-15(6-4-14)28(25,26)21-12(2)22/h3-9,20,23H,10H2,1-2H3,(H,21,22). The average molecular weight is 402 g/mol. The summed E-state index contributed by atoms with van der Waals surface area (Å²) in [5.74, 6) is -0.578. The van der Waals surface area contributed by atoms with Gasteiger partial charge in [-0.3, -0.25) is 4.79 Å². The molecule has 0 saturated heterocycles. The Labute approximate surface area is 160 Å². The fourth-order valence-electron chi connectivity index (χ4n) is 2.71. The van der Waals surface area contributed by atoms with Crippen LogP contribution in [0.15, 0.2) is 56.6 Å². The number of anilines is 1. The highest BCUT2D eigenvalue weighted by atomic mass is 32.2. The summed E-state index contributed by atoms with van der Waals surface area (Å²) in [5, 5.41) is 13.6. The largest absolute Gasteiger partial charge is 0.508 e. The van der Waals surface area contributed by atoms with Crippen LogP contribution in [0.3, 0.4) is 0 Å². The molecule has 3 N–H and O–H groups in total. The van der Waals surface area contributed by atoms with Crippen molar-refractivity contribution in [2.75, 3.05) is 5.32 Å². The van der Waals surface area contributed by atoms with Crippen molar-refractivity contribution in [1.82, 2.24) is 4.72 Å². The molecule has 0 atom stereocenters. The first kappa shape index (κ1) is 19.4. The highest BCUT2D eigenvalue weighted by Crippen LogP contribution is 2.26. The Morgan fingerprint density at radius 1 is 1.14 bits per heavy atom. The number of aryl methyl sites for hydroxylation is 1. The minimum Gasteiger partial charge on any atom is -0.508 e. The van der Waals surface area contributed by atoms with Gasteiger partial charge >= 0.3 is 5.63 Å². The molecule has 1 amide bonds. The van der Waals surface area contributed by atoms with Crippen LogP contribution in [0.5, 0.6) is 5.75 Å². The van der Waals surface area contributed by atoms with E-state index in [0.717, 1.165) is 6.92 Å². The molecule has 0 unspecified atom stereocenters. The molecular weight excluding hydrogens is 384 g/mol. The molecule has 8 nitrogen and oxygen atoms in total. The minimum absolute atomic E-state index is 0.0422. The molecule has 3 rings (SSSR count). The summed E-state index contributed by atoms with van der Waals surface area (Å²) in [4.78, 5) is 22.7. The number of aromatic hydroxyl groups is 1. The molecule has 0 aliphatic rings. The first-order valence-electron chi connectivity index (χ1n) is 8.29. The van der Waals surface area contributed by atoms with E-state index in [1.165, 1.54) is 24.3 Å². The van der Waals surface area contributed by atoms with Gasteiger partial charge in [-0.2, -0.15) is 0 Å². The van der Waals surface area contributed by atoms with Gasteiger partial charge in [0.2, 0.25) is 5.91 Å². The van der Waals surface area contributed by atoms with Crippen molar-refractivity contribution in [3.8, 4) is 5.75 Å². The van der Waals surface area contributed by atoms with Crippen molar-refractivity contribution in [2.45, 2.75) is 25.3 Å². The van der Waals surface area contributed by atoms with Crippen molar-refractivity contribution in [1.29, 1.82) is 0 Å². The van der Waals surface area contributed by atoms with Crippen LogP contribution in [-0.2, 0) is 21.4 Å². The molecule has 0 spiro atoms. The maximum absolute atomic E-state index is 12.0. The first-order chi connectivity index (χ1) is 13.2. The number of benzene rings is 2. The van der Waals surface area contributed by atoms with Gasteiger partial charge in [0.05, 0.1) is 4.90 Å². The second-order valence-corrected chi connectivity index (χ2v) is 7.95. The SMILES string of the molecule is CC(=O)NS(=O)(=O)c1ccc(NCc2cc(=O)oc3cc(C)c(O)cc23)cc1. The third-order valence-electron chi connectivity index (χ3n) is 4.07. The van der Waals surface area contributed by atoms with E-state index < -0.39 is 21.6 Å². The molecule has 0 aliphatic heterocycles. The Balaban J connectivity index is 1.84. The summed E-state index contributed by atoms with van der Waals surface area (Å²) in [6.45, 7) is 3.08. The van der Waals surface area contributed by atoms with Crippen molar-refractivity contribution >= 4 is 32.6 Å². The summed E-state index contributed by atoms with van der Waals surface area (Å²) in [7, 11) is -3.90. The van der Waals surface area contributed by atoms with Crippen LogP contribution < -0.4 is 15.7 Å².